The smallest absolute Gasteiger partial charge is 0.269 e. The number of hydrogen-bond acceptors (Lipinski definition) is 8. The van der Waals surface area contributed by atoms with Gasteiger partial charge in [-0.1, -0.05) is 0 Å². The molecule has 0 amide bonds. The molecular weight excluding hydrogens is 322 g/mol. The zero-order valence-electron chi connectivity index (χ0n) is 13.2. The second-order valence-corrected chi connectivity index (χ2v) is 6.19. The van der Waals surface area contributed by atoms with E-state index in [1.54, 1.807) is 13.8 Å². The van der Waals surface area contributed by atoms with Crippen LogP contribution in [-0.2, 0) is 14.2 Å². The van der Waals surface area contributed by atoms with Crippen LogP contribution in [0.5, 0.6) is 5.75 Å². The van der Waals surface area contributed by atoms with Gasteiger partial charge in [0.05, 0.1) is 11.5 Å². The minimum atomic E-state index is -1.34. The van der Waals surface area contributed by atoms with Crippen molar-refractivity contribution < 1.29 is 34.1 Å². The van der Waals surface area contributed by atoms with Gasteiger partial charge in [-0.3, -0.25) is 10.1 Å². The van der Waals surface area contributed by atoms with E-state index in [2.05, 4.69) is 0 Å². The lowest BCUT2D eigenvalue weighted by molar-refractivity contribution is -0.385. The molecule has 0 spiro atoms. The van der Waals surface area contributed by atoms with Crippen molar-refractivity contribution >= 4 is 5.69 Å². The number of fused-ring (bicyclic) bond motifs is 1. The highest BCUT2D eigenvalue weighted by atomic mass is 16.8. The average molecular weight is 341 g/mol. The minimum absolute atomic E-state index is 0.0797. The first-order chi connectivity index (χ1) is 11.3. The highest BCUT2D eigenvalue weighted by Crippen LogP contribution is 2.33. The summed E-state index contributed by atoms with van der Waals surface area (Å²) in [6.07, 6.45) is -5.03. The topological polar surface area (TPSA) is 121 Å². The number of rotatable bonds is 3. The fraction of sp³-hybridized carbons (Fsp3) is 0.600. The molecule has 132 valence electrons. The lowest BCUT2D eigenvalue weighted by Gasteiger charge is -2.48. The molecule has 0 bridgehead atoms. The van der Waals surface area contributed by atoms with E-state index in [0.29, 0.717) is 0 Å². The summed E-state index contributed by atoms with van der Waals surface area (Å²) in [5, 5.41) is 31.2. The van der Waals surface area contributed by atoms with Crippen LogP contribution in [0.1, 0.15) is 13.8 Å². The maximum Gasteiger partial charge on any atom is 0.269 e. The lowest BCUT2D eigenvalue weighted by atomic mass is 9.97. The maximum absolute atomic E-state index is 10.6. The summed E-state index contributed by atoms with van der Waals surface area (Å²) in [7, 11) is 0. The Morgan fingerprint density at radius 1 is 1.25 bits per heavy atom. The quantitative estimate of drug-likeness (QED) is 0.605. The summed E-state index contributed by atoms with van der Waals surface area (Å²) in [6.45, 7) is 3.60. The number of hydrogen-bond donors (Lipinski definition) is 2. The first-order valence-corrected chi connectivity index (χ1v) is 7.51. The Morgan fingerprint density at radius 3 is 2.54 bits per heavy atom. The Bertz CT molecular complexity index is 602. The first kappa shape index (κ1) is 17.1. The Balaban J connectivity index is 1.70. The van der Waals surface area contributed by atoms with Gasteiger partial charge in [-0.25, -0.2) is 0 Å². The number of aliphatic hydroxyl groups is 2. The van der Waals surface area contributed by atoms with Crippen molar-refractivity contribution in [2.45, 2.75) is 50.3 Å². The van der Waals surface area contributed by atoms with Crippen LogP contribution in [0.2, 0.25) is 0 Å². The minimum Gasteiger partial charge on any atom is -0.462 e. The van der Waals surface area contributed by atoms with Crippen LogP contribution in [0, 0.1) is 10.1 Å². The monoisotopic (exact) mass is 341 g/mol. The molecule has 3 rings (SSSR count). The standard InChI is InChI=1S/C15H19NO8/c1-15(2)21-7-10-13(24-15)11(17)12(18)14(23-10)22-9-5-3-8(4-6-9)16(19)20/h3-6,10-14,17-18H,7H2,1-2H3/t10-,11-,12-,13+,14-/m1/s1. The van der Waals surface area contributed by atoms with Crippen molar-refractivity contribution in [3.05, 3.63) is 34.4 Å². The molecule has 2 fully saturated rings. The predicted molar refractivity (Wildman–Crippen MR) is 79.3 cm³/mol. The lowest BCUT2D eigenvalue weighted by Crippen LogP contribution is -2.65. The number of benzene rings is 1. The molecule has 0 saturated carbocycles. The van der Waals surface area contributed by atoms with E-state index < -0.39 is 41.4 Å². The third-order valence-corrected chi connectivity index (χ3v) is 3.96. The van der Waals surface area contributed by atoms with Crippen LogP contribution < -0.4 is 4.74 Å². The molecule has 0 unspecified atom stereocenters. The maximum atomic E-state index is 10.6. The highest BCUT2D eigenvalue weighted by molar-refractivity contribution is 5.36. The van der Waals surface area contributed by atoms with Gasteiger partial charge in [0.1, 0.15) is 30.2 Å². The van der Waals surface area contributed by atoms with Gasteiger partial charge in [0, 0.05) is 12.1 Å². The zero-order valence-corrected chi connectivity index (χ0v) is 13.2. The van der Waals surface area contributed by atoms with Crippen LogP contribution >= 0.6 is 0 Å². The van der Waals surface area contributed by atoms with E-state index in [1.807, 2.05) is 0 Å². The largest absolute Gasteiger partial charge is 0.462 e. The third-order valence-electron chi connectivity index (χ3n) is 3.96. The molecule has 2 aliphatic rings. The second kappa shape index (κ2) is 6.26. The van der Waals surface area contributed by atoms with Crippen LogP contribution in [-0.4, -0.2) is 58.2 Å². The van der Waals surface area contributed by atoms with Gasteiger partial charge in [0.15, 0.2) is 5.79 Å². The molecule has 0 radical (unpaired) electrons. The molecule has 0 aromatic heterocycles. The highest BCUT2D eigenvalue weighted by Gasteiger charge is 2.51. The van der Waals surface area contributed by atoms with Crippen molar-refractivity contribution in [2.75, 3.05) is 6.61 Å². The normalized spacial score (nSPS) is 35.1. The van der Waals surface area contributed by atoms with E-state index >= 15 is 0 Å². The van der Waals surface area contributed by atoms with Crippen molar-refractivity contribution in [1.82, 2.24) is 0 Å². The number of ether oxygens (including phenoxy) is 4. The van der Waals surface area contributed by atoms with Crippen LogP contribution in [0.3, 0.4) is 0 Å². The summed E-state index contributed by atoms with van der Waals surface area (Å²) in [4.78, 5) is 10.1. The summed E-state index contributed by atoms with van der Waals surface area (Å²) in [5.74, 6) is -0.606. The van der Waals surface area contributed by atoms with Crippen LogP contribution in [0.15, 0.2) is 24.3 Å². The van der Waals surface area contributed by atoms with E-state index in [4.69, 9.17) is 18.9 Å². The molecule has 5 atom stereocenters. The van der Waals surface area contributed by atoms with E-state index in [1.165, 1.54) is 24.3 Å². The van der Waals surface area contributed by atoms with Gasteiger partial charge in [0.2, 0.25) is 6.29 Å². The number of nitro benzene ring substituents is 1. The average Bonchev–Trinajstić information content (AvgIpc) is 2.53. The summed E-state index contributed by atoms with van der Waals surface area (Å²) < 4.78 is 22.2. The second-order valence-electron chi connectivity index (χ2n) is 6.19. The Kier molecular flexibility index (Phi) is 4.45. The van der Waals surface area contributed by atoms with E-state index in [0.717, 1.165) is 0 Å². The van der Waals surface area contributed by atoms with Crippen LogP contribution in [0.25, 0.3) is 0 Å². The number of nitrogens with zero attached hydrogens (tertiary/aromatic N) is 1. The summed E-state index contributed by atoms with van der Waals surface area (Å²) in [5.41, 5.74) is -0.0797. The van der Waals surface area contributed by atoms with Crippen molar-refractivity contribution in [3.8, 4) is 5.75 Å². The van der Waals surface area contributed by atoms with Crippen molar-refractivity contribution in [2.24, 2.45) is 0 Å². The summed E-state index contributed by atoms with van der Waals surface area (Å²) >= 11 is 0. The van der Waals surface area contributed by atoms with E-state index in [-0.39, 0.29) is 18.0 Å². The molecule has 1 aromatic carbocycles. The molecule has 2 N–H and O–H groups in total. The molecule has 9 nitrogen and oxygen atoms in total. The van der Waals surface area contributed by atoms with Crippen molar-refractivity contribution in [1.29, 1.82) is 0 Å². The van der Waals surface area contributed by atoms with Gasteiger partial charge in [0.25, 0.3) is 5.69 Å². The Hall–Kier alpha value is -1.78. The fourth-order valence-corrected chi connectivity index (χ4v) is 2.71. The molecule has 24 heavy (non-hydrogen) atoms. The Labute approximate surface area is 137 Å². The Morgan fingerprint density at radius 2 is 1.92 bits per heavy atom. The van der Waals surface area contributed by atoms with Gasteiger partial charge in [-0.2, -0.15) is 0 Å². The molecule has 2 aliphatic heterocycles. The van der Waals surface area contributed by atoms with Crippen molar-refractivity contribution in [3.63, 3.8) is 0 Å². The van der Waals surface area contributed by atoms with Crippen LogP contribution in [0.4, 0.5) is 5.69 Å². The number of non-ortho nitro benzene ring substituents is 1. The fourth-order valence-electron chi connectivity index (χ4n) is 2.71. The number of nitro groups is 1. The molecule has 2 heterocycles. The van der Waals surface area contributed by atoms with Gasteiger partial charge in [-0.05, 0) is 26.0 Å². The SMILES string of the molecule is CC1(C)OC[C@H]2O[C@@H](Oc3ccc([N+](=O)[O-])cc3)[C@H](O)[C@@H](O)[C@H]2O1. The zero-order chi connectivity index (χ0) is 17.5. The van der Waals surface area contributed by atoms with Gasteiger partial charge < -0.3 is 29.2 Å². The summed E-state index contributed by atoms with van der Waals surface area (Å²) in [6, 6.07) is 5.34. The molecular formula is C15H19NO8. The number of aliphatic hydroxyl groups excluding tert-OH is 2. The first-order valence-electron chi connectivity index (χ1n) is 7.51. The predicted octanol–water partition coefficient (Wildman–Crippen LogP) is 0.572. The molecule has 1 aromatic rings. The van der Waals surface area contributed by atoms with Gasteiger partial charge >= 0.3 is 0 Å². The third kappa shape index (κ3) is 3.35. The van der Waals surface area contributed by atoms with Gasteiger partial charge in [-0.15, -0.1) is 0 Å². The van der Waals surface area contributed by atoms with E-state index in [9.17, 15) is 20.3 Å². The molecule has 9 heteroatoms. The molecule has 0 aliphatic carbocycles. The molecule has 2 saturated heterocycles.